The Morgan fingerprint density at radius 1 is 1.09 bits per heavy atom. The Bertz CT molecular complexity index is 667. The van der Waals surface area contributed by atoms with Crippen LogP contribution in [0.25, 0.3) is 0 Å². The van der Waals surface area contributed by atoms with Crippen LogP contribution >= 0.6 is 0 Å². The Hall–Kier alpha value is -2.35. The summed E-state index contributed by atoms with van der Waals surface area (Å²) >= 11 is 0. The van der Waals surface area contributed by atoms with Crippen LogP contribution in [0, 0.1) is 19.8 Å². The zero-order valence-corrected chi connectivity index (χ0v) is 13.8. The van der Waals surface area contributed by atoms with Crippen LogP contribution in [0.5, 0.6) is 0 Å². The van der Waals surface area contributed by atoms with Crippen molar-refractivity contribution in [3.8, 4) is 0 Å². The number of rotatable bonds is 5. The van der Waals surface area contributed by atoms with Crippen LogP contribution in [0.4, 0.5) is 0 Å². The summed E-state index contributed by atoms with van der Waals surface area (Å²) in [7, 11) is 0. The van der Waals surface area contributed by atoms with Gasteiger partial charge in [0, 0.05) is 12.0 Å². The maximum Gasteiger partial charge on any atom is 0.224 e. The number of carbonyl (C=O) groups is 1. The summed E-state index contributed by atoms with van der Waals surface area (Å²) in [6.07, 6.45) is 2.59. The second kappa shape index (κ2) is 6.04. The predicted octanol–water partition coefficient (Wildman–Crippen LogP) is 3.91. The summed E-state index contributed by atoms with van der Waals surface area (Å²) in [5, 5.41) is 2.95. The molecule has 0 aromatic heterocycles. The molecule has 1 aliphatic carbocycles. The lowest BCUT2D eigenvalue weighted by Gasteiger charge is -2.19. The minimum absolute atomic E-state index is 0.00661. The van der Waals surface area contributed by atoms with Gasteiger partial charge >= 0.3 is 0 Å². The van der Waals surface area contributed by atoms with Crippen molar-refractivity contribution in [3.05, 3.63) is 83.4 Å². The molecule has 3 rings (SSSR count). The highest BCUT2D eigenvalue weighted by Gasteiger charge is 2.60. The molecule has 1 N–H and O–H groups in total. The van der Waals surface area contributed by atoms with Crippen molar-refractivity contribution in [1.29, 1.82) is 0 Å². The Morgan fingerprint density at radius 2 is 1.57 bits per heavy atom. The first-order valence-electron chi connectivity index (χ1n) is 8.11. The molecule has 23 heavy (non-hydrogen) atoms. The highest BCUT2D eigenvalue weighted by Crippen LogP contribution is 2.59. The van der Waals surface area contributed by atoms with Crippen molar-refractivity contribution >= 4 is 5.91 Å². The number of amides is 1. The van der Waals surface area contributed by atoms with Gasteiger partial charge in [-0.25, -0.2) is 0 Å². The van der Waals surface area contributed by atoms with Crippen LogP contribution in [-0.4, -0.2) is 12.5 Å². The SMILES string of the molecule is C=CCNC(=O)[C@H]1CC1(c1ccc(C)cc1)c1ccc(C)cc1. The summed E-state index contributed by atoms with van der Waals surface area (Å²) in [5.74, 6) is 0.110. The number of aryl methyl sites for hydroxylation is 2. The molecule has 0 aliphatic heterocycles. The van der Waals surface area contributed by atoms with Crippen LogP contribution in [0.1, 0.15) is 28.7 Å². The number of nitrogens with one attached hydrogen (secondary N) is 1. The van der Waals surface area contributed by atoms with Gasteiger partial charge in [0.05, 0.1) is 5.92 Å². The fourth-order valence-corrected chi connectivity index (χ4v) is 3.38. The van der Waals surface area contributed by atoms with E-state index in [1.54, 1.807) is 6.08 Å². The molecule has 1 fully saturated rings. The molecule has 2 nitrogen and oxygen atoms in total. The Morgan fingerprint density at radius 3 is 2.00 bits per heavy atom. The molecule has 1 atom stereocenters. The van der Waals surface area contributed by atoms with Crippen molar-refractivity contribution in [2.75, 3.05) is 6.54 Å². The molecule has 1 aliphatic rings. The average molecular weight is 305 g/mol. The fraction of sp³-hybridized carbons (Fsp3) is 0.286. The average Bonchev–Trinajstić information content (AvgIpc) is 3.31. The van der Waals surface area contributed by atoms with E-state index in [9.17, 15) is 4.79 Å². The van der Waals surface area contributed by atoms with E-state index in [0.717, 1.165) is 6.42 Å². The summed E-state index contributed by atoms with van der Waals surface area (Å²) in [6.45, 7) is 8.36. The lowest BCUT2D eigenvalue weighted by molar-refractivity contribution is -0.122. The molecule has 0 saturated heterocycles. The van der Waals surface area contributed by atoms with Gasteiger partial charge in [-0.1, -0.05) is 65.7 Å². The van der Waals surface area contributed by atoms with E-state index in [4.69, 9.17) is 0 Å². The maximum atomic E-state index is 12.5. The molecule has 0 radical (unpaired) electrons. The van der Waals surface area contributed by atoms with E-state index >= 15 is 0 Å². The van der Waals surface area contributed by atoms with E-state index in [0.29, 0.717) is 6.54 Å². The normalized spacial score (nSPS) is 18.3. The van der Waals surface area contributed by atoms with Gasteiger partial charge in [0.1, 0.15) is 0 Å². The van der Waals surface area contributed by atoms with Crippen LogP contribution in [0.2, 0.25) is 0 Å². The number of benzene rings is 2. The number of hydrogen-bond donors (Lipinski definition) is 1. The van der Waals surface area contributed by atoms with Crippen molar-refractivity contribution in [2.24, 2.45) is 5.92 Å². The Balaban J connectivity index is 1.98. The van der Waals surface area contributed by atoms with Crippen molar-refractivity contribution in [2.45, 2.75) is 25.7 Å². The minimum Gasteiger partial charge on any atom is -0.352 e. The standard InChI is InChI=1S/C21H23NO/c1-4-13-22-20(23)19-14-21(19,17-9-5-15(2)6-10-17)18-11-7-16(3)8-12-18/h4-12,19H,1,13-14H2,2-3H3,(H,22,23)/t19-/m1/s1. The third-order valence-electron chi connectivity index (χ3n) is 4.83. The molecule has 1 amide bonds. The van der Waals surface area contributed by atoms with Gasteiger partial charge in [0.2, 0.25) is 5.91 Å². The maximum absolute atomic E-state index is 12.5. The third-order valence-corrected chi connectivity index (χ3v) is 4.83. The molecule has 0 heterocycles. The molecular weight excluding hydrogens is 282 g/mol. The molecule has 1 saturated carbocycles. The zero-order chi connectivity index (χ0) is 16.4. The second-order valence-electron chi connectivity index (χ2n) is 6.49. The lowest BCUT2D eigenvalue weighted by Crippen LogP contribution is -2.29. The van der Waals surface area contributed by atoms with E-state index in [1.807, 2.05) is 0 Å². The van der Waals surface area contributed by atoms with Gasteiger partial charge in [-0.05, 0) is 31.4 Å². The van der Waals surface area contributed by atoms with E-state index in [2.05, 4.69) is 74.3 Å². The Labute approximate surface area is 138 Å². The van der Waals surface area contributed by atoms with Crippen molar-refractivity contribution < 1.29 is 4.79 Å². The smallest absolute Gasteiger partial charge is 0.224 e. The summed E-state index contributed by atoms with van der Waals surface area (Å²) in [6, 6.07) is 17.2. The predicted molar refractivity (Wildman–Crippen MR) is 94.5 cm³/mol. The topological polar surface area (TPSA) is 29.1 Å². The van der Waals surface area contributed by atoms with Crippen LogP contribution in [0.3, 0.4) is 0 Å². The van der Waals surface area contributed by atoms with Gasteiger partial charge in [0.15, 0.2) is 0 Å². The van der Waals surface area contributed by atoms with E-state index in [1.165, 1.54) is 22.3 Å². The summed E-state index contributed by atoms with van der Waals surface area (Å²) in [4.78, 5) is 12.5. The van der Waals surface area contributed by atoms with E-state index < -0.39 is 0 Å². The third kappa shape index (κ3) is 2.81. The molecule has 2 aromatic rings. The van der Waals surface area contributed by atoms with Crippen molar-refractivity contribution in [1.82, 2.24) is 5.32 Å². The molecule has 2 aromatic carbocycles. The zero-order valence-electron chi connectivity index (χ0n) is 13.8. The van der Waals surface area contributed by atoms with Gasteiger partial charge in [-0.2, -0.15) is 0 Å². The molecule has 2 heteroatoms. The first-order chi connectivity index (χ1) is 11.1. The second-order valence-corrected chi connectivity index (χ2v) is 6.49. The molecule has 0 spiro atoms. The number of hydrogen-bond acceptors (Lipinski definition) is 1. The van der Waals surface area contributed by atoms with Crippen LogP contribution in [0.15, 0.2) is 61.2 Å². The highest BCUT2D eigenvalue weighted by atomic mass is 16.2. The highest BCUT2D eigenvalue weighted by molar-refractivity contribution is 5.86. The van der Waals surface area contributed by atoms with Crippen molar-refractivity contribution in [3.63, 3.8) is 0 Å². The molecule has 0 unspecified atom stereocenters. The lowest BCUT2D eigenvalue weighted by atomic mass is 9.85. The first-order valence-corrected chi connectivity index (χ1v) is 8.11. The van der Waals surface area contributed by atoms with Gasteiger partial charge < -0.3 is 5.32 Å². The van der Waals surface area contributed by atoms with Crippen LogP contribution < -0.4 is 5.32 Å². The molecular formula is C21H23NO. The molecule has 118 valence electrons. The number of carbonyl (C=O) groups excluding carboxylic acids is 1. The Kier molecular flexibility index (Phi) is 4.08. The van der Waals surface area contributed by atoms with Gasteiger partial charge in [0.25, 0.3) is 0 Å². The first kappa shape index (κ1) is 15.5. The summed E-state index contributed by atoms with van der Waals surface area (Å²) < 4.78 is 0. The van der Waals surface area contributed by atoms with E-state index in [-0.39, 0.29) is 17.2 Å². The summed E-state index contributed by atoms with van der Waals surface area (Å²) in [5.41, 5.74) is 4.74. The largest absolute Gasteiger partial charge is 0.352 e. The van der Waals surface area contributed by atoms with Crippen LogP contribution in [-0.2, 0) is 10.2 Å². The quantitative estimate of drug-likeness (QED) is 0.834. The molecule has 0 bridgehead atoms. The van der Waals surface area contributed by atoms with Gasteiger partial charge in [-0.15, -0.1) is 6.58 Å². The monoisotopic (exact) mass is 305 g/mol. The fourth-order valence-electron chi connectivity index (χ4n) is 3.38. The van der Waals surface area contributed by atoms with Gasteiger partial charge in [-0.3, -0.25) is 4.79 Å². The minimum atomic E-state index is -0.188.